The van der Waals surface area contributed by atoms with Gasteiger partial charge in [-0.3, -0.25) is 0 Å². The largest absolute Gasteiger partial charge is 0.287 e. The maximum Gasteiger partial charge on any atom is 0.287 e. The zero-order valence-electron chi connectivity index (χ0n) is 4.84. The highest BCUT2D eigenvalue weighted by molar-refractivity contribution is 4.18. The van der Waals surface area contributed by atoms with Crippen LogP contribution in [-0.4, -0.2) is 30.9 Å². The molecule has 0 spiro atoms. The van der Waals surface area contributed by atoms with Crippen LogP contribution in [0.5, 0.6) is 0 Å². The molecule has 8 heteroatoms. The zero-order chi connectivity index (χ0) is 6.81. The zero-order valence-corrected chi connectivity index (χ0v) is 4.84. The number of hydrogen-bond donors (Lipinski definition) is 2. The highest BCUT2D eigenvalue weighted by atomic mass is 15.8. The van der Waals surface area contributed by atoms with Crippen LogP contribution in [0.3, 0.4) is 0 Å². The first kappa shape index (κ1) is 4.97. The van der Waals surface area contributed by atoms with Crippen LogP contribution >= 0.6 is 0 Å². The third-order valence-electron chi connectivity index (χ3n) is 0.925. The smallest absolute Gasteiger partial charge is 0.118 e. The maximum absolute atomic E-state index is 3.76. The fourth-order valence-electron chi connectivity index (χ4n) is 0.543. The number of hydrogen-bond acceptors (Lipinski definition) is 4. The number of tetrazole rings is 2. The molecule has 0 aliphatic carbocycles. The fraction of sp³-hybridized carbons (Fsp3) is 0. The second kappa shape index (κ2) is 1.83. The van der Waals surface area contributed by atoms with Gasteiger partial charge in [0.25, 0.3) is 12.7 Å². The first-order valence-electron chi connectivity index (χ1n) is 2.53. The van der Waals surface area contributed by atoms with Crippen molar-refractivity contribution in [3.8, 4) is 0 Å². The van der Waals surface area contributed by atoms with E-state index in [1.165, 1.54) is 22.4 Å². The van der Waals surface area contributed by atoms with Gasteiger partial charge in [0.1, 0.15) is 0 Å². The molecule has 0 amide bonds. The van der Waals surface area contributed by atoms with E-state index in [0.29, 0.717) is 0 Å². The predicted octanol–water partition coefficient (Wildman–Crippen LogP) is -3.19. The van der Waals surface area contributed by atoms with Crippen molar-refractivity contribution in [1.29, 1.82) is 0 Å². The van der Waals surface area contributed by atoms with Gasteiger partial charge in [-0.25, -0.2) is 0 Å². The number of rotatable bonds is 1. The summed E-state index contributed by atoms with van der Waals surface area (Å²) in [5, 5.41) is 19.5. The first-order valence-corrected chi connectivity index (χ1v) is 2.53. The summed E-state index contributed by atoms with van der Waals surface area (Å²) in [5.41, 5.74) is 0. The summed E-state index contributed by atoms with van der Waals surface area (Å²) in [6, 6.07) is 0. The van der Waals surface area contributed by atoms with Crippen molar-refractivity contribution < 1.29 is 9.70 Å². The van der Waals surface area contributed by atoms with Crippen molar-refractivity contribution in [1.82, 2.24) is 30.9 Å². The highest BCUT2D eigenvalue weighted by Crippen LogP contribution is 1.48. The van der Waals surface area contributed by atoms with E-state index in [1.54, 1.807) is 0 Å². The molecule has 0 fully saturated rings. The molecule has 2 aromatic heterocycles. The van der Waals surface area contributed by atoms with Crippen LogP contribution in [0.25, 0.3) is 0 Å². The predicted molar refractivity (Wildman–Crippen MR) is 24.0 cm³/mol. The van der Waals surface area contributed by atoms with Gasteiger partial charge >= 0.3 is 0 Å². The lowest BCUT2D eigenvalue weighted by Gasteiger charge is -1.72. The SMILES string of the molecule is c1n[n+](-[n+]2cnn[nH]2)n[nH]1. The third kappa shape index (κ3) is 0.623. The van der Waals surface area contributed by atoms with Crippen LogP contribution in [0.1, 0.15) is 0 Å². The Morgan fingerprint density at radius 2 is 2.40 bits per heavy atom. The molecule has 0 radical (unpaired) electrons. The molecule has 0 bridgehead atoms. The average molecular weight is 140 g/mol. The molecule has 0 aliphatic rings. The molecule has 2 aromatic rings. The second-order valence-electron chi connectivity index (χ2n) is 1.52. The minimum Gasteiger partial charge on any atom is -0.118 e. The van der Waals surface area contributed by atoms with Crippen LogP contribution in [0, 0.1) is 0 Å². The van der Waals surface area contributed by atoms with Crippen molar-refractivity contribution in [3.05, 3.63) is 12.7 Å². The van der Waals surface area contributed by atoms with Gasteiger partial charge < -0.3 is 0 Å². The summed E-state index contributed by atoms with van der Waals surface area (Å²) in [6.45, 7) is 0. The summed E-state index contributed by atoms with van der Waals surface area (Å²) < 4.78 is 0. The van der Waals surface area contributed by atoms with Crippen LogP contribution in [-0.2, 0) is 0 Å². The molecule has 2 rings (SSSR count). The van der Waals surface area contributed by atoms with Gasteiger partial charge in [0.05, 0.1) is 9.89 Å². The van der Waals surface area contributed by atoms with Gasteiger partial charge in [-0.1, -0.05) is 0 Å². The summed E-state index contributed by atoms with van der Waals surface area (Å²) in [6.07, 6.45) is 2.88. The van der Waals surface area contributed by atoms with Gasteiger partial charge in [0.15, 0.2) is 15.3 Å². The molecule has 10 heavy (non-hydrogen) atoms. The molecule has 0 unspecified atom stereocenters. The normalized spacial score (nSPS) is 10.0. The monoisotopic (exact) mass is 140 g/mol. The van der Waals surface area contributed by atoms with E-state index in [0.717, 1.165) is 0 Å². The molecule has 8 nitrogen and oxygen atoms in total. The van der Waals surface area contributed by atoms with E-state index in [-0.39, 0.29) is 0 Å². The van der Waals surface area contributed by atoms with Crippen molar-refractivity contribution in [2.75, 3.05) is 0 Å². The number of H-pyrrole nitrogens is 2. The van der Waals surface area contributed by atoms with Crippen LogP contribution in [0.2, 0.25) is 0 Å². The Bertz CT molecular complexity index is 247. The van der Waals surface area contributed by atoms with Crippen LogP contribution in [0.4, 0.5) is 0 Å². The quantitative estimate of drug-likeness (QED) is 0.408. The van der Waals surface area contributed by atoms with Gasteiger partial charge in [0, 0.05) is 5.10 Å². The molecule has 0 atom stereocenters. The molecule has 0 aliphatic heterocycles. The Morgan fingerprint density at radius 1 is 1.40 bits per heavy atom. The Morgan fingerprint density at radius 3 is 3.00 bits per heavy atom. The molecular formula is C2H4N8+2. The minimum atomic E-state index is 1.26. The second-order valence-corrected chi connectivity index (χ2v) is 1.52. The van der Waals surface area contributed by atoms with E-state index < -0.39 is 0 Å². The summed E-state index contributed by atoms with van der Waals surface area (Å²) >= 11 is 0. The average Bonchev–Trinajstić information content (AvgIpc) is 2.59. The Balaban J connectivity index is 2.48. The minimum absolute atomic E-state index is 1.26. The molecule has 2 heterocycles. The van der Waals surface area contributed by atoms with Gasteiger partial charge in [-0.05, 0) is 5.21 Å². The van der Waals surface area contributed by atoms with E-state index in [9.17, 15) is 0 Å². The molecule has 50 valence electrons. The maximum atomic E-state index is 3.76. The molecule has 2 N–H and O–H groups in total. The number of aromatic amines is 2. The topological polar surface area (TPSA) is 90.9 Å². The fourth-order valence-corrected chi connectivity index (χ4v) is 0.543. The van der Waals surface area contributed by atoms with E-state index >= 15 is 0 Å². The Kier molecular flexibility index (Phi) is 0.907. The molecular weight excluding hydrogens is 136 g/mol. The van der Waals surface area contributed by atoms with Crippen LogP contribution < -0.4 is 9.70 Å². The van der Waals surface area contributed by atoms with E-state index in [1.807, 2.05) is 0 Å². The van der Waals surface area contributed by atoms with Gasteiger partial charge in [-0.2, -0.15) is 0 Å². The van der Waals surface area contributed by atoms with Crippen molar-refractivity contribution in [2.45, 2.75) is 0 Å². The Hall–Kier alpha value is -1.86. The lowest BCUT2D eigenvalue weighted by atomic mass is 11.4. The molecule has 0 aromatic carbocycles. The van der Waals surface area contributed by atoms with E-state index in [2.05, 4.69) is 30.9 Å². The number of nitrogens with zero attached hydrogens (tertiary/aromatic N) is 6. The molecule has 0 saturated carbocycles. The molecule has 0 saturated heterocycles. The van der Waals surface area contributed by atoms with Crippen molar-refractivity contribution in [3.63, 3.8) is 0 Å². The van der Waals surface area contributed by atoms with Crippen molar-refractivity contribution >= 4 is 0 Å². The third-order valence-corrected chi connectivity index (χ3v) is 0.925. The van der Waals surface area contributed by atoms with Crippen molar-refractivity contribution in [2.24, 2.45) is 0 Å². The number of aromatic nitrogens is 8. The highest BCUT2D eigenvalue weighted by Gasteiger charge is 2.09. The summed E-state index contributed by atoms with van der Waals surface area (Å²) in [7, 11) is 0. The van der Waals surface area contributed by atoms with Crippen LogP contribution in [0.15, 0.2) is 12.7 Å². The lowest BCUT2D eigenvalue weighted by molar-refractivity contribution is -1.36. The summed E-state index contributed by atoms with van der Waals surface area (Å²) in [4.78, 5) is 2.66. The first-order chi connectivity index (χ1) is 4.97. The van der Waals surface area contributed by atoms with E-state index in [4.69, 9.17) is 0 Å². The Labute approximate surface area is 54.4 Å². The standard InChI is InChI=1S/C2H4N8/c1-3-7-10(5-1)9-2-4-6-8-9/h1-2H,(H,3,5,7)(H,4,6,8)/q+2. The van der Waals surface area contributed by atoms with Gasteiger partial charge in [-0.15, -0.1) is 5.10 Å². The van der Waals surface area contributed by atoms with Gasteiger partial charge in [0.2, 0.25) is 0 Å². The number of nitrogens with one attached hydrogen (secondary N) is 2. The summed E-state index contributed by atoms with van der Waals surface area (Å²) in [5.74, 6) is 0. The lowest BCUT2D eigenvalue weighted by Crippen LogP contribution is -2.70.